The van der Waals surface area contributed by atoms with Gasteiger partial charge >= 0.3 is 0 Å². The van der Waals surface area contributed by atoms with E-state index in [0.29, 0.717) is 92.1 Å². The van der Waals surface area contributed by atoms with Crippen LogP contribution in [0.15, 0.2) is 0 Å². The van der Waals surface area contributed by atoms with Gasteiger partial charge in [0, 0.05) is 52.3 Å². The lowest BCUT2D eigenvalue weighted by molar-refractivity contribution is -0.118. The molecule has 0 fully saturated rings. The Kier molecular flexibility index (Phi) is 24.9. The Morgan fingerprint density at radius 2 is 0.848 bits per heavy atom. The third-order valence-electron chi connectivity index (χ3n) is 4.61. The second-order valence-corrected chi connectivity index (χ2v) is 7.71. The molecule has 0 amide bonds. The highest BCUT2D eigenvalue weighted by Gasteiger charge is 2.06. The summed E-state index contributed by atoms with van der Waals surface area (Å²) in [6, 6.07) is 0. The number of Topliss-reactive ketones (excluding diaryl/α,β-unsaturated/α-hetero) is 2. The van der Waals surface area contributed by atoms with E-state index < -0.39 is 0 Å². The fraction of sp³-hybridized carbons (Fsp3) is 0.917. The number of rotatable bonds is 27. The Balaban J connectivity index is 3.83. The van der Waals surface area contributed by atoms with E-state index in [1.807, 2.05) is 6.92 Å². The molecule has 0 aromatic heterocycles. The Morgan fingerprint density at radius 3 is 1.21 bits per heavy atom. The number of carbonyl (C=O) groups excluding carboxylic acids is 2. The summed E-state index contributed by atoms with van der Waals surface area (Å²) < 4.78 is 33.1. The minimum Gasteiger partial charge on any atom is -0.380 e. The molecular formula is C24H47NO8. The molecule has 9 nitrogen and oxygen atoms in total. The Bertz CT molecular complexity index is 424. The first-order chi connectivity index (χ1) is 16.1. The molecule has 0 aliphatic rings. The highest BCUT2D eigenvalue weighted by molar-refractivity contribution is 5.75. The summed E-state index contributed by atoms with van der Waals surface area (Å²) >= 11 is 0. The van der Waals surface area contributed by atoms with Crippen LogP contribution in [0.1, 0.15) is 46.5 Å². The van der Waals surface area contributed by atoms with Crippen molar-refractivity contribution in [3.8, 4) is 0 Å². The van der Waals surface area contributed by atoms with E-state index in [9.17, 15) is 9.59 Å². The SMILES string of the molecule is CCOCCOCCOCCOCCN(CCOCCCC(C)=O)CCOCCCC(C)=O. The summed E-state index contributed by atoms with van der Waals surface area (Å²) in [6.45, 7) is 14.6. The minimum atomic E-state index is 0.192. The fourth-order valence-electron chi connectivity index (χ4n) is 2.77. The van der Waals surface area contributed by atoms with Crippen LogP contribution in [0.4, 0.5) is 0 Å². The Morgan fingerprint density at radius 1 is 0.515 bits per heavy atom. The Hall–Kier alpha value is -0.940. The summed E-state index contributed by atoms with van der Waals surface area (Å²) in [4.78, 5) is 24.2. The lowest BCUT2D eigenvalue weighted by atomic mass is 10.2. The van der Waals surface area contributed by atoms with Crippen molar-refractivity contribution in [3.63, 3.8) is 0 Å². The van der Waals surface area contributed by atoms with Gasteiger partial charge in [0.2, 0.25) is 0 Å². The second kappa shape index (κ2) is 25.7. The van der Waals surface area contributed by atoms with Crippen LogP contribution in [-0.4, -0.2) is 115 Å². The molecule has 196 valence electrons. The molecule has 0 unspecified atom stereocenters. The maximum atomic E-state index is 11.0. The average Bonchev–Trinajstić information content (AvgIpc) is 2.78. The van der Waals surface area contributed by atoms with E-state index >= 15 is 0 Å². The van der Waals surface area contributed by atoms with E-state index in [2.05, 4.69) is 4.90 Å². The van der Waals surface area contributed by atoms with E-state index in [0.717, 1.165) is 32.5 Å². The quantitative estimate of drug-likeness (QED) is 0.165. The van der Waals surface area contributed by atoms with Crippen LogP contribution < -0.4 is 0 Å². The second-order valence-electron chi connectivity index (χ2n) is 7.71. The van der Waals surface area contributed by atoms with Crippen molar-refractivity contribution in [1.29, 1.82) is 0 Å². The predicted molar refractivity (Wildman–Crippen MR) is 127 cm³/mol. The molecule has 0 N–H and O–H groups in total. The van der Waals surface area contributed by atoms with Crippen molar-refractivity contribution in [2.24, 2.45) is 0 Å². The molecule has 0 aliphatic carbocycles. The molecule has 0 aromatic carbocycles. The molecule has 0 aliphatic heterocycles. The summed E-state index contributed by atoms with van der Waals surface area (Å²) in [7, 11) is 0. The molecule has 0 radical (unpaired) electrons. The maximum Gasteiger partial charge on any atom is 0.129 e. The smallest absolute Gasteiger partial charge is 0.129 e. The van der Waals surface area contributed by atoms with Crippen molar-refractivity contribution in [2.45, 2.75) is 46.5 Å². The molecule has 33 heavy (non-hydrogen) atoms. The van der Waals surface area contributed by atoms with E-state index in [4.69, 9.17) is 28.4 Å². The third-order valence-corrected chi connectivity index (χ3v) is 4.61. The highest BCUT2D eigenvalue weighted by atomic mass is 16.6. The van der Waals surface area contributed by atoms with Crippen molar-refractivity contribution in [2.75, 3.05) is 98.9 Å². The number of ether oxygens (including phenoxy) is 6. The zero-order valence-corrected chi connectivity index (χ0v) is 21.1. The molecule has 9 heteroatoms. The van der Waals surface area contributed by atoms with Gasteiger partial charge in [0.1, 0.15) is 11.6 Å². The first kappa shape index (κ1) is 32.1. The van der Waals surface area contributed by atoms with Gasteiger partial charge in [-0.25, -0.2) is 0 Å². The fourth-order valence-corrected chi connectivity index (χ4v) is 2.77. The minimum absolute atomic E-state index is 0.192. The van der Waals surface area contributed by atoms with Crippen LogP contribution in [0, 0.1) is 0 Å². The normalized spacial score (nSPS) is 11.4. The molecule has 0 bridgehead atoms. The molecule has 0 rings (SSSR count). The van der Waals surface area contributed by atoms with Gasteiger partial charge in [0.05, 0.1) is 59.5 Å². The van der Waals surface area contributed by atoms with E-state index in [-0.39, 0.29) is 11.6 Å². The topological polar surface area (TPSA) is 92.8 Å². The summed E-state index contributed by atoms with van der Waals surface area (Å²) in [5.41, 5.74) is 0. The molecule has 0 atom stereocenters. The molecule has 0 saturated carbocycles. The van der Waals surface area contributed by atoms with Gasteiger partial charge in [-0.05, 0) is 33.6 Å². The third kappa shape index (κ3) is 27.2. The van der Waals surface area contributed by atoms with Gasteiger partial charge < -0.3 is 38.0 Å². The van der Waals surface area contributed by atoms with E-state index in [1.54, 1.807) is 13.8 Å². The number of hydrogen-bond donors (Lipinski definition) is 0. The molecule has 0 aromatic rings. The lowest BCUT2D eigenvalue weighted by Crippen LogP contribution is -2.34. The molecule has 0 spiro atoms. The van der Waals surface area contributed by atoms with Crippen LogP contribution in [0.2, 0.25) is 0 Å². The Labute approximate surface area is 200 Å². The van der Waals surface area contributed by atoms with Crippen LogP contribution in [0.25, 0.3) is 0 Å². The molecular weight excluding hydrogens is 430 g/mol. The highest BCUT2D eigenvalue weighted by Crippen LogP contribution is 1.96. The van der Waals surface area contributed by atoms with Crippen LogP contribution in [0.3, 0.4) is 0 Å². The van der Waals surface area contributed by atoms with Gasteiger partial charge in [-0.15, -0.1) is 0 Å². The first-order valence-electron chi connectivity index (χ1n) is 12.2. The predicted octanol–water partition coefficient (Wildman–Crippen LogP) is 2.15. The van der Waals surface area contributed by atoms with Gasteiger partial charge in [0.25, 0.3) is 0 Å². The average molecular weight is 478 g/mol. The van der Waals surface area contributed by atoms with E-state index in [1.165, 1.54) is 0 Å². The number of nitrogens with zero attached hydrogens (tertiary/aromatic N) is 1. The van der Waals surface area contributed by atoms with Crippen molar-refractivity contribution >= 4 is 11.6 Å². The van der Waals surface area contributed by atoms with Crippen molar-refractivity contribution in [3.05, 3.63) is 0 Å². The molecule has 0 saturated heterocycles. The van der Waals surface area contributed by atoms with Gasteiger partial charge in [-0.2, -0.15) is 0 Å². The number of carbonyl (C=O) groups is 2. The van der Waals surface area contributed by atoms with Gasteiger partial charge in [0.15, 0.2) is 0 Å². The van der Waals surface area contributed by atoms with Crippen molar-refractivity contribution < 1.29 is 38.0 Å². The summed E-state index contributed by atoms with van der Waals surface area (Å²) in [5, 5.41) is 0. The zero-order chi connectivity index (χ0) is 24.4. The van der Waals surface area contributed by atoms with Crippen LogP contribution in [-0.2, 0) is 38.0 Å². The summed E-state index contributed by atoms with van der Waals surface area (Å²) in [6.07, 6.45) is 2.64. The maximum absolute atomic E-state index is 11.0. The van der Waals surface area contributed by atoms with Crippen LogP contribution in [0.5, 0.6) is 0 Å². The van der Waals surface area contributed by atoms with Crippen molar-refractivity contribution in [1.82, 2.24) is 4.90 Å². The van der Waals surface area contributed by atoms with Gasteiger partial charge in [-0.1, -0.05) is 0 Å². The lowest BCUT2D eigenvalue weighted by Gasteiger charge is -2.22. The van der Waals surface area contributed by atoms with Crippen LogP contribution >= 0.6 is 0 Å². The summed E-state index contributed by atoms with van der Waals surface area (Å²) in [5.74, 6) is 0.384. The zero-order valence-electron chi connectivity index (χ0n) is 21.1. The van der Waals surface area contributed by atoms with Gasteiger partial charge in [-0.3, -0.25) is 4.90 Å². The monoisotopic (exact) mass is 477 g/mol. The molecule has 0 heterocycles. The first-order valence-corrected chi connectivity index (χ1v) is 12.2. The number of hydrogen-bond acceptors (Lipinski definition) is 9. The standard InChI is InChI=1S/C24H47NO8/c1-4-28-17-18-32-21-22-33-20-19-31-16-11-25(9-14-29-12-5-7-23(2)26)10-15-30-13-6-8-24(3)27/h4-22H2,1-3H3. The largest absolute Gasteiger partial charge is 0.380 e. The number of ketones is 2.